The number of nitrogens with zero attached hydrogens (tertiary/aromatic N) is 3. The molecular formula is C15H19N3O2. The van der Waals surface area contributed by atoms with Crippen molar-refractivity contribution in [3.05, 3.63) is 52.8 Å². The summed E-state index contributed by atoms with van der Waals surface area (Å²) < 4.78 is 1.82. The Kier molecular flexibility index (Phi) is 4.20. The minimum absolute atomic E-state index is 0.319. The number of rotatable bonds is 5. The third kappa shape index (κ3) is 3.45. The molecule has 0 bridgehead atoms. The molecular weight excluding hydrogens is 254 g/mol. The second-order valence-corrected chi connectivity index (χ2v) is 5.09. The maximum atomic E-state index is 10.8. The summed E-state index contributed by atoms with van der Waals surface area (Å²) in [4.78, 5) is 13.0. The Morgan fingerprint density at radius 1 is 1.30 bits per heavy atom. The lowest BCUT2D eigenvalue weighted by Gasteiger charge is -2.16. The molecule has 0 unspecified atom stereocenters. The Labute approximate surface area is 118 Å². The Morgan fingerprint density at radius 3 is 2.45 bits per heavy atom. The summed E-state index contributed by atoms with van der Waals surface area (Å²) in [5.41, 5.74) is 3.66. The predicted octanol–water partition coefficient (Wildman–Crippen LogP) is 2.06. The van der Waals surface area contributed by atoms with Gasteiger partial charge in [-0.3, -0.25) is 9.58 Å². The maximum Gasteiger partial charge on any atom is 0.335 e. The van der Waals surface area contributed by atoms with Crippen LogP contribution >= 0.6 is 0 Å². The normalized spacial score (nSPS) is 11.0. The zero-order valence-corrected chi connectivity index (χ0v) is 12.0. The molecule has 0 aliphatic carbocycles. The highest BCUT2D eigenvalue weighted by Gasteiger charge is 2.08. The van der Waals surface area contributed by atoms with Crippen LogP contribution in [0.1, 0.15) is 27.2 Å². The van der Waals surface area contributed by atoms with E-state index in [0.717, 1.165) is 24.3 Å². The van der Waals surface area contributed by atoms with E-state index in [2.05, 4.69) is 10.00 Å². The highest BCUT2D eigenvalue weighted by Crippen LogP contribution is 2.11. The molecule has 0 saturated heterocycles. The minimum Gasteiger partial charge on any atom is -0.478 e. The van der Waals surface area contributed by atoms with Gasteiger partial charge in [0.25, 0.3) is 0 Å². The van der Waals surface area contributed by atoms with Crippen molar-refractivity contribution in [2.45, 2.75) is 20.0 Å². The van der Waals surface area contributed by atoms with Crippen LogP contribution in [0.25, 0.3) is 0 Å². The Bertz CT molecular complexity index is 602. The summed E-state index contributed by atoms with van der Waals surface area (Å²) in [7, 11) is 3.96. The topological polar surface area (TPSA) is 58.4 Å². The molecule has 1 aromatic carbocycles. The number of carbonyl (C=O) groups is 1. The van der Waals surface area contributed by atoms with Gasteiger partial charge < -0.3 is 5.11 Å². The SMILES string of the molecule is Cc1nn(C)cc1CN(C)Cc1ccc(C(=O)O)cc1. The van der Waals surface area contributed by atoms with Crippen LogP contribution in [0.4, 0.5) is 0 Å². The van der Waals surface area contributed by atoms with Gasteiger partial charge in [-0.2, -0.15) is 5.10 Å². The number of aryl methyl sites for hydroxylation is 2. The second kappa shape index (κ2) is 5.88. The van der Waals surface area contributed by atoms with E-state index in [9.17, 15) is 4.79 Å². The third-order valence-corrected chi connectivity index (χ3v) is 3.21. The molecule has 5 nitrogen and oxygen atoms in total. The van der Waals surface area contributed by atoms with Gasteiger partial charge in [-0.1, -0.05) is 12.1 Å². The second-order valence-electron chi connectivity index (χ2n) is 5.09. The van der Waals surface area contributed by atoms with Crippen LogP contribution < -0.4 is 0 Å². The largest absolute Gasteiger partial charge is 0.478 e. The Balaban J connectivity index is 1.99. The molecule has 1 aromatic heterocycles. The van der Waals surface area contributed by atoms with Crippen molar-refractivity contribution >= 4 is 5.97 Å². The molecule has 5 heteroatoms. The molecule has 0 spiro atoms. The fraction of sp³-hybridized carbons (Fsp3) is 0.333. The van der Waals surface area contributed by atoms with Crippen molar-refractivity contribution in [3.8, 4) is 0 Å². The molecule has 2 aromatic rings. The smallest absolute Gasteiger partial charge is 0.335 e. The van der Waals surface area contributed by atoms with E-state index in [1.54, 1.807) is 12.1 Å². The lowest BCUT2D eigenvalue weighted by atomic mass is 10.1. The van der Waals surface area contributed by atoms with Gasteiger partial charge in [0.1, 0.15) is 0 Å². The first-order valence-electron chi connectivity index (χ1n) is 6.45. The van der Waals surface area contributed by atoms with E-state index in [0.29, 0.717) is 5.56 Å². The summed E-state index contributed by atoms with van der Waals surface area (Å²) in [6, 6.07) is 6.99. The van der Waals surface area contributed by atoms with E-state index >= 15 is 0 Å². The Hall–Kier alpha value is -2.14. The number of carboxylic acids is 1. The molecule has 0 amide bonds. The molecule has 0 fully saturated rings. The number of aromatic nitrogens is 2. The first kappa shape index (κ1) is 14.3. The van der Waals surface area contributed by atoms with Gasteiger partial charge in [-0.25, -0.2) is 4.79 Å². The number of hydrogen-bond acceptors (Lipinski definition) is 3. The lowest BCUT2D eigenvalue weighted by molar-refractivity contribution is 0.0697. The molecule has 1 N–H and O–H groups in total. The molecule has 0 saturated carbocycles. The molecule has 0 atom stereocenters. The summed E-state index contributed by atoms with van der Waals surface area (Å²) in [5, 5.41) is 13.2. The van der Waals surface area contributed by atoms with Gasteiger partial charge in [0, 0.05) is 31.9 Å². The van der Waals surface area contributed by atoms with E-state index < -0.39 is 5.97 Å². The van der Waals surface area contributed by atoms with Crippen LogP contribution in [0, 0.1) is 6.92 Å². The summed E-state index contributed by atoms with van der Waals surface area (Å²) >= 11 is 0. The standard InChI is InChI=1S/C15H19N3O2/c1-11-14(10-18(3)16-11)9-17(2)8-12-4-6-13(7-5-12)15(19)20/h4-7,10H,8-9H2,1-3H3,(H,19,20). The van der Waals surface area contributed by atoms with Crippen molar-refractivity contribution < 1.29 is 9.90 Å². The average Bonchev–Trinajstić information content (AvgIpc) is 2.68. The van der Waals surface area contributed by atoms with Crippen LogP contribution in [-0.4, -0.2) is 32.8 Å². The van der Waals surface area contributed by atoms with Crippen LogP contribution in [-0.2, 0) is 20.1 Å². The van der Waals surface area contributed by atoms with Crippen LogP contribution in [0.2, 0.25) is 0 Å². The first-order chi connectivity index (χ1) is 9.45. The van der Waals surface area contributed by atoms with E-state index in [-0.39, 0.29) is 0 Å². The van der Waals surface area contributed by atoms with Crippen molar-refractivity contribution in [2.24, 2.45) is 7.05 Å². The molecule has 2 rings (SSSR count). The summed E-state index contributed by atoms with van der Waals surface area (Å²) in [6.45, 7) is 3.60. The third-order valence-electron chi connectivity index (χ3n) is 3.21. The van der Waals surface area contributed by atoms with Crippen LogP contribution in [0.15, 0.2) is 30.5 Å². The predicted molar refractivity (Wildman–Crippen MR) is 76.5 cm³/mol. The van der Waals surface area contributed by atoms with Crippen LogP contribution in [0.5, 0.6) is 0 Å². The highest BCUT2D eigenvalue weighted by molar-refractivity contribution is 5.87. The van der Waals surface area contributed by atoms with E-state index in [4.69, 9.17) is 5.11 Å². The minimum atomic E-state index is -0.893. The van der Waals surface area contributed by atoms with Crippen molar-refractivity contribution in [3.63, 3.8) is 0 Å². The lowest BCUT2D eigenvalue weighted by Crippen LogP contribution is -2.17. The van der Waals surface area contributed by atoms with Crippen LogP contribution in [0.3, 0.4) is 0 Å². The quantitative estimate of drug-likeness (QED) is 0.906. The zero-order valence-electron chi connectivity index (χ0n) is 12.0. The molecule has 0 radical (unpaired) electrons. The van der Waals surface area contributed by atoms with Gasteiger partial charge in [-0.15, -0.1) is 0 Å². The number of carboxylic acid groups (broad SMARTS) is 1. The van der Waals surface area contributed by atoms with Gasteiger partial charge in [0.05, 0.1) is 11.3 Å². The van der Waals surface area contributed by atoms with Gasteiger partial charge >= 0.3 is 5.97 Å². The monoisotopic (exact) mass is 273 g/mol. The fourth-order valence-corrected chi connectivity index (χ4v) is 2.21. The van der Waals surface area contributed by atoms with E-state index in [1.807, 2.05) is 44.0 Å². The molecule has 1 heterocycles. The maximum absolute atomic E-state index is 10.8. The van der Waals surface area contributed by atoms with E-state index in [1.165, 1.54) is 5.56 Å². The van der Waals surface area contributed by atoms with Gasteiger partial charge in [0.15, 0.2) is 0 Å². The van der Waals surface area contributed by atoms with Gasteiger partial charge in [0.2, 0.25) is 0 Å². The van der Waals surface area contributed by atoms with Crippen molar-refractivity contribution in [2.75, 3.05) is 7.05 Å². The Morgan fingerprint density at radius 2 is 1.95 bits per heavy atom. The molecule has 0 aliphatic rings. The zero-order chi connectivity index (χ0) is 14.7. The van der Waals surface area contributed by atoms with Gasteiger partial charge in [-0.05, 0) is 31.7 Å². The highest BCUT2D eigenvalue weighted by atomic mass is 16.4. The average molecular weight is 273 g/mol. The molecule has 20 heavy (non-hydrogen) atoms. The molecule has 0 aliphatic heterocycles. The first-order valence-corrected chi connectivity index (χ1v) is 6.45. The summed E-state index contributed by atoms with van der Waals surface area (Å²) in [6.07, 6.45) is 2.03. The number of benzene rings is 1. The van der Waals surface area contributed by atoms with Crippen molar-refractivity contribution in [1.29, 1.82) is 0 Å². The number of aromatic carboxylic acids is 1. The summed E-state index contributed by atoms with van der Waals surface area (Å²) in [5.74, 6) is -0.893. The molecule has 106 valence electrons. The fourth-order valence-electron chi connectivity index (χ4n) is 2.21. The van der Waals surface area contributed by atoms with Crippen molar-refractivity contribution in [1.82, 2.24) is 14.7 Å². The number of hydrogen-bond donors (Lipinski definition) is 1.